The Balaban J connectivity index is 1.78. The number of carbonyl (C=O) groups excluding carboxylic acids is 1. The fourth-order valence-electron chi connectivity index (χ4n) is 2.61. The molecule has 2 aromatic rings. The molecule has 116 valence electrons. The third-order valence-corrected chi connectivity index (χ3v) is 4.13. The van der Waals surface area contributed by atoms with Crippen molar-refractivity contribution in [3.63, 3.8) is 0 Å². The van der Waals surface area contributed by atoms with Crippen molar-refractivity contribution in [2.45, 2.75) is 12.5 Å². The molecule has 1 aromatic carbocycles. The number of H-pyrrole nitrogens is 1. The molecule has 0 radical (unpaired) electrons. The van der Waals surface area contributed by atoms with Crippen molar-refractivity contribution >= 4 is 38.7 Å². The number of fused-ring (bicyclic) bond motifs is 1. The molecule has 2 N–H and O–H groups in total. The number of rotatable bonds is 3. The van der Waals surface area contributed by atoms with Crippen LogP contribution in [0, 0.1) is 0 Å². The number of ether oxygens (including phenoxy) is 1. The fraction of sp³-hybridized carbons (Fsp3) is 0.333. The van der Waals surface area contributed by atoms with E-state index in [0.717, 1.165) is 15.4 Å². The maximum Gasteiger partial charge on any atom is 0.306 e. The summed E-state index contributed by atoms with van der Waals surface area (Å²) in [5.74, 6) is -1.05. The van der Waals surface area contributed by atoms with E-state index < -0.39 is 12.1 Å². The van der Waals surface area contributed by atoms with Crippen LogP contribution in [0.2, 0.25) is 0 Å². The van der Waals surface area contributed by atoms with Gasteiger partial charge in [-0.05, 0) is 24.3 Å². The summed E-state index contributed by atoms with van der Waals surface area (Å²) in [5, 5.41) is 9.79. The molecule has 3 rings (SSSR count). The lowest BCUT2D eigenvalue weighted by atomic mass is 10.2. The molecule has 7 heteroatoms. The Morgan fingerprint density at radius 2 is 2.23 bits per heavy atom. The van der Waals surface area contributed by atoms with Crippen LogP contribution in [0.5, 0.6) is 0 Å². The number of carbonyl (C=O) groups is 2. The first-order chi connectivity index (χ1) is 10.5. The Morgan fingerprint density at radius 3 is 3.00 bits per heavy atom. The number of aromatic nitrogens is 1. The number of benzene rings is 1. The van der Waals surface area contributed by atoms with Crippen molar-refractivity contribution in [3.8, 4) is 0 Å². The zero-order valence-corrected chi connectivity index (χ0v) is 13.3. The summed E-state index contributed by atoms with van der Waals surface area (Å²) in [4.78, 5) is 28.1. The number of hydrogen-bond acceptors (Lipinski definition) is 3. The molecule has 1 aliphatic rings. The summed E-state index contributed by atoms with van der Waals surface area (Å²) < 4.78 is 6.34. The van der Waals surface area contributed by atoms with Gasteiger partial charge in [0.15, 0.2) is 0 Å². The lowest BCUT2D eigenvalue weighted by Gasteiger charge is -2.32. The van der Waals surface area contributed by atoms with Crippen LogP contribution in [-0.2, 0) is 9.53 Å². The van der Waals surface area contributed by atoms with Crippen LogP contribution in [0.15, 0.2) is 28.7 Å². The number of hydrogen-bond donors (Lipinski definition) is 2. The van der Waals surface area contributed by atoms with Crippen molar-refractivity contribution in [1.29, 1.82) is 0 Å². The number of amides is 1. The largest absolute Gasteiger partial charge is 0.481 e. The van der Waals surface area contributed by atoms with Gasteiger partial charge in [-0.1, -0.05) is 15.9 Å². The summed E-state index contributed by atoms with van der Waals surface area (Å²) in [6.07, 6.45) is -0.544. The highest BCUT2D eigenvalue weighted by Crippen LogP contribution is 2.22. The van der Waals surface area contributed by atoms with Gasteiger partial charge in [0.1, 0.15) is 5.69 Å². The molecule has 0 saturated carbocycles. The number of morpholine rings is 1. The first kappa shape index (κ1) is 15.1. The zero-order valence-electron chi connectivity index (χ0n) is 11.7. The molecule has 0 aliphatic carbocycles. The van der Waals surface area contributed by atoms with Crippen LogP contribution in [-0.4, -0.2) is 52.7 Å². The van der Waals surface area contributed by atoms with Gasteiger partial charge in [0.05, 0.1) is 19.1 Å². The second kappa shape index (κ2) is 6.10. The van der Waals surface area contributed by atoms with Crippen LogP contribution >= 0.6 is 15.9 Å². The van der Waals surface area contributed by atoms with E-state index in [2.05, 4.69) is 20.9 Å². The summed E-state index contributed by atoms with van der Waals surface area (Å²) in [6, 6.07) is 7.56. The molecule has 6 nitrogen and oxygen atoms in total. The maximum atomic E-state index is 12.6. The second-order valence-electron chi connectivity index (χ2n) is 5.26. The molecule has 0 bridgehead atoms. The zero-order chi connectivity index (χ0) is 15.7. The Labute approximate surface area is 135 Å². The van der Waals surface area contributed by atoms with Crippen molar-refractivity contribution in [1.82, 2.24) is 9.88 Å². The third-order valence-electron chi connectivity index (χ3n) is 3.64. The minimum absolute atomic E-state index is 0.0938. The van der Waals surface area contributed by atoms with Gasteiger partial charge in [-0.2, -0.15) is 0 Å². The van der Waals surface area contributed by atoms with Gasteiger partial charge in [-0.15, -0.1) is 0 Å². The normalized spacial score (nSPS) is 18.6. The Bertz CT molecular complexity index is 727. The molecule has 1 saturated heterocycles. The molecule has 1 fully saturated rings. The number of halogens is 1. The van der Waals surface area contributed by atoms with Crippen molar-refractivity contribution in [2.75, 3.05) is 19.7 Å². The van der Waals surface area contributed by atoms with Crippen molar-refractivity contribution in [3.05, 3.63) is 34.4 Å². The lowest BCUT2D eigenvalue weighted by molar-refractivity contribution is -0.141. The number of carboxylic acid groups (broad SMARTS) is 1. The smallest absolute Gasteiger partial charge is 0.306 e. The Morgan fingerprint density at radius 1 is 1.41 bits per heavy atom. The molecule has 1 amide bonds. The van der Waals surface area contributed by atoms with Crippen LogP contribution in [0.4, 0.5) is 0 Å². The minimum atomic E-state index is -0.922. The molecule has 1 atom stereocenters. The molecule has 1 aliphatic heterocycles. The molecule has 0 spiro atoms. The molecule has 2 heterocycles. The topological polar surface area (TPSA) is 82.6 Å². The highest BCUT2D eigenvalue weighted by atomic mass is 79.9. The van der Waals surface area contributed by atoms with Crippen LogP contribution in [0.1, 0.15) is 16.9 Å². The van der Waals surface area contributed by atoms with E-state index in [9.17, 15) is 9.59 Å². The van der Waals surface area contributed by atoms with E-state index in [-0.39, 0.29) is 12.3 Å². The third kappa shape index (κ3) is 3.15. The van der Waals surface area contributed by atoms with Crippen molar-refractivity contribution in [2.24, 2.45) is 0 Å². The maximum absolute atomic E-state index is 12.6. The first-order valence-corrected chi connectivity index (χ1v) is 7.73. The van der Waals surface area contributed by atoms with Gasteiger partial charge in [0.2, 0.25) is 0 Å². The fourth-order valence-corrected chi connectivity index (χ4v) is 2.99. The van der Waals surface area contributed by atoms with Crippen LogP contribution in [0.25, 0.3) is 10.9 Å². The predicted molar refractivity (Wildman–Crippen MR) is 83.9 cm³/mol. The molecular weight excluding hydrogens is 352 g/mol. The molecular formula is C15H15BrN2O4. The molecule has 1 aromatic heterocycles. The Hall–Kier alpha value is -1.86. The van der Waals surface area contributed by atoms with E-state index >= 15 is 0 Å². The highest BCUT2D eigenvalue weighted by molar-refractivity contribution is 9.10. The predicted octanol–water partition coefficient (Wildman–Crippen LogP) is 2.25. The standard InChI is InChI=1S/C15H15BrN2O4/c16-10-1-2-12-9(5-10)6-13(17-12)15(21)18-3-4-22-11(8-18)7-14(19)20/h1-2,5-6,11,17H,3-4,7-8H2,(H,19,20)/t11-/m0/s1. The molecule has 0 unspecified atom stereocenters. The van der Waals surface area contributed by atoms with Gasteiger partial charge >= 0.3 is 5.97 Å². The lowest BCUT2D eigenvalue weighted by Crippen LogP contribution is -2.46. The average molecular weight is 367 g/mol. The first-order valence-electron chi connectivity index (χ1n) is 6.94. The highest BCUT2D eigenvalue weighted by Gasteiger charge is 2.27. The summed E-state index contributed by atoms with van der Waals surface area (Å²) in [7, 11) is 0. The summed E-state index contributed by atoms with van der Waals surface area (Å²) in [6.45, 7) is 1.12. The Kier molecular flexibility index (Phi) is 4.17. The quantitative estimate of drug-likeness (QED) is 0.872. The SMILES string of the molecule is O=C(O)C[C@H]1CN(C(=O)c2cc3cc(Br)ccc3[nH]2)CCO1. The monoisotopic (exact) mass is 366 g/mol. The molecule has 22 heavy (non-hydrogen) atoms. The van der Waals surface area contributed by atoms with E-state index in [1.807, 2.05) is 24.3 Å². The summed E-state index contributed by atoms with van der Waals surface area (Å²) >= 11 is 3.40. The van der Waals surface area contributed by atoms with E-state index in [1.165, 1.54) is 0 Å². The number of aliphatic carboxylic acids is 1. The van der Waals surface area contributed by atoms with Gasteiger partial charge in [0, 0.05) is 28.5 Å². The van der Waals surface area contributed by atoms with Gasteiger partial charge in [-0.25, -0.2) is 0 Å². The minimum Gasteiger partial charge on any atom is -0.481 e. The van der Waals surface area contributed by atoms with Gasteiger partial charge in [-0.3, -0.25) is 9.59 Å². The second-order valence-corrected chi connectivity index (χ2v) is 6.17. The van der Waals surface area contributed by atoms with E-state index in [1.54, 1.807) is 4.90 Å². The summed E-state index contributed by atoms with van der Waals surface area (Å²) in [5.41, 5.74) is 1.39. The van der Waals surface area contributed by atoms with Crippen LogP contribution in [0.3, 0.4) is 0 Å². The number of nitrogens with zero attached hydrogens (tertiary/aromatic N) is 1. The van der Waals surface area contributed by atoms with Crippen LogP contribution < -0.4 is 0 Å². The average Bonchev–Trinajstić information content (AvgIpc) is 2.89. The van der Waals surface area contributed by atoms with Gasteiger partial charge in [0.25, 0.3) is 5.91 Å². The number of nitrogens with one attached hydrogen (secondary N) is 1. The van der Waals surface area contributed by atoms with Gasteiger partial charge < -0.3 is 19.7 Å². The van der Waals surface area contributed by atoms with Crippen molar-refractivity contribution < 1.29 is 19.4 Å². The number of aromatic amines is 1. The number of carboxylic acids is 1. The van der Waals surface area contributed by atoms with E-state index in [4.69, 9.17) is 9.84 Å². The van der Waals surface area contributed by atoms with E-state index in [0.29, 0.717) is 25.4 Å².